The van der Waals surface area contributed by atoms with Gasteiger partial charge in [-0.3, -0.25) is 4.98 Å². The number of fused-ring (bicyclic) bond motifs is 2. The standard InChI is InChI=1S/C42H34N3.C14H14N.Ir/c1-27(2)37-24-34(32-20-18-31(19-21-32)30-11-6-5-7-12-30)25-38(28(3)4)41(37)45-40-23-29(26-43)17-22-39(40)44-42(45)36-16-10-14-33-13-8-9-15-35(33)36;1-10-4-6-13(7-5-10)14-8-11(2)12(3)9-15-14;/h5-15,17-25,27-28H,1-4H3;4-6,8-9H,1-3H3;/q2*-1;/i;1D3,2D3,3D3;. The first-order chi connectivity index (χ1) is 32.7. The van der Waals surface area contributed by atoms with Crippen LogP contribution in [0.1, 0.15) is 85.2 Å². The average molecular weight is 978 g/mol. The molecule has 0 unspecified atom stereocenters. The Bertz CT molecular complexity index is 3310. The summed E-state index contributed by atoms with van der Waals surface area (Å²) in [5, 5.41) is 12.1. The Hall–Kier alpha value is -6.44. The van der Waals surface area contributed by atoms with E-state index in [-0.39, 0.29) is 54.3 Å². The van der Waals surface area contributed by atoms with Gasteiger partial charge in [0.2, 0.25) is 0 Å². The molecular formula is C56H48IrN4-2. The summed E-state index contributed by atoms with van der Waals surface area (Å²) in [6, 6.07) is 56.3. The van der Waals surface area contributed by atoms with Crippen molar-refractivity contribution in [3.05, 3.63) is 197 Å². The minimum Gasteiger partial charge on any atom is -0.333 e. The molecule has 1 radical (unpaired) electrons. The molecule has 303 valence electrons. The van der Waals surface area contributed by atoms with Crippen LogP contribution in [0, 0.1) is 44.0 Å². The predicted molar refractivity (Wildman–Crippen MR) is 249 cm³/mol. The monoisotopic (exact) mass is 978 g/mol. The summed E-state index contributed by atoms with van der Waals surface area (Å²) in [6.45, 7) is 1.56. The number of imidazole rings is 1. The van der Waals surface area contributed by atoms with Gasteiger partial charge in [0.25, 0.3) is 0 Å². The summed E-state index contributed by atoms with van der Waals surface area (Å²) in [5.74, 6) is 1.31. The van der Waals surface area contributed by atoms with Crippen molar-refractivity contribution < 1.29 is 32.4 Å². The van der Waals surface area contributed by atoms with Gasteiger partial charge in [0.1, 0.15) is 0 Å². The molecular weight excluding hydrogens is 921 g/mol. The molecule has 0 bridgehead atoms. The molecule has 0 amide bonds. The van der Waals surface area contributed by atoms with Gasteiger partial charge in [0, 0.05) is 44.3 Å². The molecule has 0 aliphatic carbocycles. The fraction of sp³-hybridized carbons (Fsp3) is 0.161. The van der Waals surface area contributed by atoms with E-state index in [4.69, 9.17) is 17.3 Å². The van der Waals surface area contributed by atoms with Gasteiger partial charge in [-0.15, -0.1) is 64.5 Å². The van der Waals surface area contributed by atoms with Gasteiger partial charge in [0.15, 0.2) is 0 Å². The predicted octanol–water partition coefficient (Wildman–Crippen LogP) is 14.6. The maximum absolute atomic E-state index is 9.88. The van der Waals surface area contributed by atoms with Gasteiger partial charge in [-0.1, -0.05) is 130 Å². The second-order valence-electron chi connectivity index (χ2n) is 15.4. The Morgan fingerprint density at radius 2 is 1.36 bits per heavy atom. The van der Waals surface area contributed by atoms with E-state index in [1.165, 1.54) is 57.6 Å². The number of hydrogen-bond donors (Lipinski definition) is 0. The van der Waals surface area contributed by atoms with Gasteiger partial charge >= 0.3 is 0 Å². The second kappa shape index (κ2) is 18.4. The Kier molecular flexibility index (Phi) is 9.78. The number of hydrogen-bond acceptors (Lipinski definition) is 3. The zero-order valence-corrected chi connectivity index (χ0v) is 36.6. The van der Waals surface area contributed by atoms with Crippen molar-refractivity contribution in [1.29, 1.82) is 5.26 Å². The molecule has 5 heteroatoms. The van der Waals surface area contributed by atoms with E-state index in [9.17, 15) is 5.26 Å². The smallest absolute Gasteiger partial charge is 0.0992 e. The Morgan fingerprint density at radius 3 is 2.02 bits per heavy atom. The third kappa shape index (κ3) is 8.89. The van der Waals surface area contributed by atoms with Crippen LogP contribution >= 0.6 is 0 Å². The molecule has 61 heavy (non-hydrogen) atoms. The first-order valence-electron chi connectivity index (χ1n) is 24.4. The van der Waals surface area contributed by atoms with Crippen molar-refractivity contribution in [2.45, 2.75) is 60.1 Å². The van der Waals surface area contributed by atoms with E-state index >= 15 is 0 Å². The summed E-state index contributed by atoms with van der Waals surface area (Å²) in [4.78, 5) is 9.23. The fourth-order valence-electron chi connectivity index (χ4n) is 7.54. The van der Waals surface area contributed by atoms with Crippen LogP contribution in [-0.4, -0.2) is 14.5 Å². The number of aryl methyl sites for hydroxylation is 3. The summed E-state index contributed by atoms with van der Waals surface area (Å²) in [6.07, 6.45) is 1.02. The topological polar surface area (TPSA) is 54.5 Å². The number of pyridine rings is 1. The van der Waals surface area contributed by atoms with Crippen LogP contribution in [0.2, 0.25) is 0 Å². The van der Waals surface area contributed by atoms with E-state index in [0.29, 0.717) is 11.1 Å². The number of nitriles is 1. The molecule has 0 aliphatic heterocycles. The summed E-state index contributed by atoms with van der Waals surface area (Å²) < 4.78 is 69.2. The van der Waals surface area contributed by atoms with Crippen molar-refractivity contribution in [3.63, 3.8) is 0 Å². The minimum atomic E-state index is -2.61. The van der Waals surface area contributed by atoms with Crippen LogP contribution in [0.4, 0.5) is 0 Å². The van der Waals surface area contributed by atoms with E-state index in [2.05, 4.69) is 153 Å². The van der Waals surface area contributed by atoms with E-state index in [0.717, 1.165) is 45.1 Å². The zero-order valence-electron chi connectivity index (χ0n) is 43.2. The molecule has 9 aromatic rings. The van der Waals surface area contributed by atoms with Crippen molar-refractivity contribution in [3.8, 4) is 56.7 Å². The largest absolute Gasteiger partial charge is 0.333 e. The third-order valence-corrected chi connectivity index (χ3v) is 10.7. The minimum absolute atomic E-state index is 0. The summed E-state index contributed by atoms with van der Waals surface area (Å²) in [5.41, 5.74) is 11.8. The number of aromatic nitrogens is 3. The van der Waals surface area contributed by atoms with Crippen LogP contribution in [0.5, 0.6) is 0 Å². The summed E-state index contributed by atoms with van der Waals surface area (Å²) >= 11 is 0. The SMILES string of the molecule is CC(C)c1cc(-c2ccc(-c3ccccc3)cc2)cc(C(C)C)c1-n1c(-c2[c-]ccc3ccccc23)nc2ccc(C#N)cc21.[2H]C([2H])([2H])c1c[c-]c(-c2cc(C([2H])([2H])[2H])c(C([2H])([2H])[2H])cn2)cc1.[Ir]. The quantitative estimate of drug-likeness (QED) is 0.150. The summed E-state index contributed by atoms with van der Waals surface area (Å²) in [7, 11) is 0. The first kappa shape index (κ1) is 32.3. The van der Waals surface area contributed by atoms with Crippen molar-refractivity contribution in [1.82, 2.24) is 14.5 Å². The maximum atomic E-state index is 9.88. The molecule has 2 heterocycles. The van der Waals surface area contributed by atoms with Crippen molar-refractivity contribution in [2.24, 2.45) is 0 Å². The van der Waals surface area contributed by atoms with Crippen molar-refractivity contribution >= 4 is 21.8 Å². The molecule has 9 rings (SSSR count). The Labute approximate surface area is 386 Å². The van der Waals surface area contributed by atoms with Gasteiger partial charge in [-0.2, -0.15) is 5.26 Å². The molecule has 2 aromatic heterocycles. The molecule has 0 saturated carbocycles. The fourth-order valence-corrected chi connectivity index (χ4v) is 7.54. The third-order valence-electron chi connectivity index (χ3n) is 10.7. The Balaban J connectivity index is 0.000000245. The van der Waals surface area contributed by atoms with Gasteiger partial charge < -0.3 is 9.55 Å². The van der Waals surface area contributed by atoms with Gasteiger partial charge in [0.05, 0.1) is 28.5 Å². The van der Waals surface area contributed by atoms with Crippen molar-refractivity contribution in [2.75, 3.05) is 0 Å². The van der Waals surface area contributed by atoms with Crippen LogP contribution in [0.25, 0.3) is 72.4 Å². The van der Waals surface area contributed by atoms with Crippen LogP contribution in [0.15, 0.2) is 152 Å². The van der Waals surface area contributed by atoms with Gasteiger partial charge in [-0.25, -0.2) is 0 Å². The molecule has 0 saturated heterocycles. The number of rotatable bonds is 7. The molecule has 0 atom stereocenters. The van der Waals surface area contributed by atoms with Crippen LogP contribution < -0.4 is 0 Å². The number of benzene rings is 7. The Morgan fingerprint density at radius 1 is 0.672 bits per heavy atom. The normalized spacial score (nSPS) is 13.8. The first-order valence-corrected chi connectivity index (χ1v) is 19.9. The molecule has 0 spiro atoms. The van der Waals surface area contributed by atoms with Gasteiger partial charge in [-0.05, 0) is 101 Å². The number of nitrogens with zero attached hydrogens (tertiary/aromatic N) is 4. The molecule has 0 aliphatic rings. The van der Waals surface area contributed by atoms with Crippen LogP contribution in [-0.2, 0) is 20.1 Å². The molecule has 0 fully saturated rings. The molecule has 4 nitrogen and oxygen atoms in total. The van der Waals surface area contributed by atoms with E-state index in [1.54, 1.807) is 0 Å². The molecule has 7 aromatic carbocycles. The van der Waals surface area contributed by atoms with Crippen LogP contribution in [0.3, 0.4) is 0 Å². The van der Waals surface area contributed by atoms with E-state index < -0.39 is 20.6 Å². The van der Waals surface area contributed by atoms with E-state index in [1.807, 2.05) is 24.3 Å². The average Bonchev–Trinajstić information content (AvgIpc) is 3.71. The second-order valence-corrected chi connectivity index (χ2v) is 15.4. The molecule has 0 N–H and O–H groups in total. The maximum Gasteiger partial charge on any atom is 0.0992 e. The zero-order chi connectivity index (χ0) is 49.4.